The highest BCUT2D eigenvalue weighted by molar-refractivity contribution is 6.30. The summed E-state index contributed by atoms with van der Waals surface area (Å²) < 4.78 is 0. The Morgan fingerprint density at radius 1 is 1.00 bits per heavy atom. The first-order valence-electron chi connectivity index (χ1n) is 6.06. The molecule has 0 aliphatic heterocycles. The predicted octanol–water partition coefficient (Wildman–Crippen LogP) is 2.68. The molecule has 0 atom stereocenters. The molecule has 0 aromatic heterocycles. The van der Waals surface area contributed by atoms with Crippen LogP contribution in [-0.4, -0.2) is 17.6 Å². The minimum Gasteiger partial charge on any atom is -0.412 e. The number of halogens is 1. The van der Waals surface area contributed by atoms with E-state index in [0.717, 1.165) is 11.1 Å². The maximum absolute atomic E-state index is 11.5. The first-order chi connectivity index (χ1) is 9.74. The van der Waals surface area contributed by atoms with Gasteiger partial charge in [0.05, 0.1) is 6.21 Å². The van der Waals surface area contributed by atoms with Crippen LogP contribution in [0.5, 0.6) is 0 Å². The lowest BCUT2D eigenvalue weighted by atomic mass is 10.2. The molecule has 21 heavy (non-hydrogen) atoms. The number of benzene rings is 2. The summed E-state index contributed by atoms with van der Waals surface area (Å²) >= 11 is 5.77. The molecular weight excluding hydrogens is 288 g/mol. The fourth-order valence-corrected chi connectivity index (χ4v) is 1.62. The molecule has 0 fully saturated rings. The van der Waals surface area contributed by atoms with Crippen LogP contribution in [0.15, 0.2) is 65.8 Å². The number of hydrazone groups is 1. The molecule has 0 aliphatic rings. The van der Waals surface area contributed by atoms with E-state index in [1.807, 2.05) is 42.5 Å². The van der Waals surface area contributed by atoms with E-state index < -0.39 is 0 Å². The third-order valence-electron chi connectivity index (χ3n) is 2.49. The second-order valence-electron chi connectivity index (χ2n) is 4.03. The summed E-state index contributed by atoms with van der Waals surface area (Å²) in [5.74, 6) is -0.279. The maximum Gasteiger partial charge on any atom is 0.264 e. The zero-order valence-electron chi connectivity index (χ0n) is 11.2. The molecule has 2 rings (SSSR count). The second kappa shape index (κ2) is 8.68. The van der Waals surface area contributed by atoms with Crippen LogP contribution < -0.4 is 5.43 Å². The molecule has 0 unspecified atom stereocenters. The topological polar surface area (TPSA) is 73.0 Å². The summed E-state index contributed by atoms with van der Waals surface area (Å²) in [7, 11) is 0. The van der Waals surface area contributed by atoms with Crippen molar-refractivity contribution in [2.75, 3.05) is 0 Å². The number of carbonyl (C=O) groups is 1. The van der Waals surface area contributed by atoms with Crippen LogP contribution in [-0.2, 0) is 4.79 Å². The number of hydrogen-bond acceptors (Lipinski definition) is 2. The van der Waals surface area contributed by atoms with Gasteiger partial charge in [-0.15, -0.1) is 0 Å². The van der Waals surface area contributed by atoms with Crippen LogP contribution >= 0.6 is 11.6 Å². The molecule has 0 saturated carbocycles. The van der Waals surface area contributed by atoms with Gasteiger partial charge in [-0.3, -0.25) is 4.79 Å². The molecular formula is C16H15ClN2O2. The molecule has 0 aliphatic carbocycles. The molecule has 1 amide bonds. The van der Waals surface area contributed by atoms with Gasteiger partial charge in [0.25, 0.3) is 5.91 Å². The number of hydrogen-bond donors (Lipinski definition) is 1. The van der Waals surface area contributed by atoms with Crippen LogP contribution in [0.2, 0.25) is 5.02 Å². The summed E-state index contributed by atoms with van der Waals surface area (Å²) in [6, 6.07) is 16.7. The second-order valence-corrected chi connectivity index (χ2v) is 4.47. The number of nitrogens with one attached hydrogen (secondary N) is 1. The van der Waals surface area contributed by atoms with E-state index in [2.05, 4.69) is 10.5 Å². The Labute approximate surface area is 128 Å². The van der Waals surface area contributed by atoms with E-state index in [1.165, 1.54) is 6.08 Å². The van der Waals surface area contributed by atoms with Crippen molar-refractivity contribution in [2.45, 2.75) is 0 Å². The third-order valence-corrected chi connectivity index (χ3v) is 2.74. The molecule has 0 saturated heterocycles. The lowest BCUT2D eigenvalue weighted by Gasteiger charge is -1.95. The largest absolute Gasteiger partial charge is 0.412 e. The summed E-state index contributed by atoms with van der Waals surface area (Å²) in [4.78, 5) is 11.5. The smallest absolute Gasteiger partial charge is 0.264 e. The van der Waals surface area contributed by atoms with Crippen LogP contribution in [0, 0.1) is 0 Å². The first kappa shape index (κ1) is 16.6. The summed E-state index contributed by atoms with van der Waals surface area (Å²) in [6.45, 7) is 0. The van der Waals surface area contributed by atoms with Gasteiger partial charge < -0.3 is 5.48 Å². The van der Waals surface area contributed by atoms with Crippen molar-refractivity contribution < 1.29 is 10.3 Å². The van der Waals surface area contributed by atoms with Crippen LogP contribution in [0.25, 0.3) is 6.08 Å². The molecule has 0 spiro atoms. The lowest BCUT2D eigenvalue weighted by molar-refractivity contribution is -0.116. The van der Waals surface area contributed by atoms with Gasteiger partial charge in [-0.05, 0) is 29.3 Å². The Morgan fingerprint density at radius 3 is 2.33 bits per heavy atom. The van der Waals surface area contributed by atoms with Gasteiger partial charge in [-0.1, -0.05) is 54.1 Å². The maximum atomic E-state index is 11.5. The number of nitrogens with zero attached hydrogens (tertiary/aromatic N) is 1. The number of amides is 1. The average Bonchev–Trinajstić information content (AvgIpc) is 2.48. The number of carbonyl (C=O) groups excluding carboxylic acids is 1. The van der Waals surface area contributed by atoms with Gasteiger partial charge in [0.1, 0.15) is 0 Å². The Kier molecular flexibility index (Phi) is 6.87. The van der Waals surface area contributed by atoms with Crippen molar-refractivity contribution in [2.24, 2.45) is 5.10 Å². The van der Waals surface area contributed by atoms with E-state index >= 15 is 0 Å². The molecule has 2 aromatic rings. The highest BCUT2D eigenvalue weighted by atomic mass is 35.5. The highest BCUT2D eigenvalue weighted by Crippen LogP contribution is 2.07. The van der Waals surface area contributed by atoms with E-state index in [1.54, 1.807) is 24.4 Å². The van der Waals surface area contributed by atoms with Gasteiger partial charge in [-0.25, -0.2) is 5.43 Å². The predicted molar refractivity (Wildman–Crippen MR) is 86.3 cm³/mol. The molecule has 0 radical (unpaired) electrons. The molecule has 2 aromatic carbocycles. The van der Waals surface area contributed by atoms with Gasteiger partial charge in [-0.2, -0.15) is 5.10 Å². The van der Waals surface area contributed by atoms with Gasteiger partial charge in [0.15, 0.2) is 0 Å². The zero-order valence-corrected chi connectivity index (χ0v) is 11.9. The Hall–Kier alpha value is -2.43. The number of rotatable bonds is 4. The van der Waals surface area contributed by atoms with Crippen molar-refractivity contribution in [3.63, 3.8) is 0 Å². The third kappa shape index (κ3) is 6.03. The van der Waals surface area contributed by atoms with E-state index in [-0.39, 0.29) is 11.4 Å². The monoisotopic (exact) mass is 302 g/mol. The molecule has 3 N–H and O–H groups in total. The van der Waals surface area contributed by atoms with Crippen molar-refractivity contribution in [1.29, 1.82) is 0 Å². The van der Waals surface area contributed by atoms with Gasteiger partial charge in [0.2, 0.25) is 0 Å². The fraction of sp³-hybridized carbons (Fsp3) is 0. The summed E-state index contributed by atoms with van der Waals surface area (Å²) in [5.41, 5.74) is 4.25. The normalized spacial score (nSPS) is 10.5. The molecule has 5 heteroatoms. The van der Waals surface area contributed by atoms with E-state index in [9.17, 15) is 4.79 Å². The van der Waals surface area contributed by atoms with Gasteiger partial charge >= 0.3 is 0 Å². The Balaban J connectivity index is 0.00000220. The Bertz CT molecular complexity index is 622. The minimum atomic E-state index is -0.279. The minimum absolute atomic E-state index is 0. The van der Waals surface area contributed by atoms with Gasteiger partial charge in [0, 0.05) is 11.1 Å². The molecule has 0 heterocycles. The van der Waals surface area contributed by atoms with E-state index in [4.69, 9.17) is 11.6 Å². The quantitative estimate of drug-likeness (QED) is 0.526. The highest BCUT2D eigenvalue weighted by Gasteiger charge is 1.92. The zero-order chi connectivity index (χ0) is 14.2. The first-order valence-corrected chi connectivity index (χ1v) is 6.43. The standard InChI is InChI=1S/C16H13ClN2O.H2O/c17-15-9-6-14(7-10-15)12-18-19-16(20)11-8-13-4-2-1-3-5-13;/h1-12H,(H,19,20);1H2/b11-8+,18-12+;. The van der Waals surface area contributed by atoms with E-state index in [0.29, 0.717) is 5.02 Å². The fourth-order valence-electron chi connectivity index (χ4n) is 1.49. The summed E-state index contributed by atoms with van der Waals surface area (Å²) in [6.07, 6.45) is 4.73. The van der Waals surface area contributed by atoms with Crippen molar-refractivity contribution >= 4 is 29.8 Å². The summed E-state index contributed by atoms with van der Waals surface area (Å²) in [5, 5.41) is 4.53. The van der Waals surface area contributed by atoms with Crippen LogP contribution in [0.3, 0.4) is 0 Å². The van der Waals surface area contributed by atoms with Crippen molar-refractivity contribution in [3.05, 3.63) is 76.8 Å². The van der Waals surface area contributed by atoms with Crippen LogP contribution in [0.1, 0.15) is 11.1 Å². The lowest BCUT2D eigenvalue weighted by Crippen LogP contribution is -2.14. The SMILES string of the molecule is O.O=C(/C=C/c1ccccc1)N/N=C/c1ccc(Cl)cc1. The average molecular weight is 303 g/mol. The van der Waals surface area contributed by atoms with Crippen molar-refractivity contribution in [3.8, 4) is 0 Å². The molecule has 4 nitrogen and oxygen atoms in total. The van der Waals surface area contributed by atoms with Crippen LogP contribution in [0.4, 0.5) is 0 Å². The Morgan fingerprint density at radius 2 is 1.67 bits per heavy atom. The van der Waals surface area contributed by atoms with Crippen molar-refractivity contribution in [1.82, 2.24) is 5.43 Å². The molecule has 0 bridgehead atoms. The molecule has 108 valence electrons.